The number of nitro benzene ring substituents is 1. The van der Waals surface area contributed by atoms with Crippen molar-refractivity contribution < 1.29 is 9.66 Å². The number of nitrogens with zero attached hydrogens (tertiary/aromatic N) is 4. The Morgan fingerprint density at radius 3 is 2.58 bits per heavy atom. The van der Waals surface area contributed by atoms with Gasteiger partial charge < -0.3 is 9.30 Å². The van der Waals surface area contributed by atoms with E-state index in [4.69, 9.17) is 4.74 Å². The van der Waals surface area contributed by atoms with Crippen LogP contribution in [0.4, 0.5) is 5.69 Å². The van der Waals surface area contributed by atoms with Gasteiger partial charge >= 0.3 is 5.69 Å². The first-order valence-electron chi connectivity index (χ1n) is 10.3. The first-order chi connectivity index (χ1) is 14.6. The van der Waals surface area contributed by atoms with Gasteiger partial charge in [0.1, 0.15) is 0 Å². The number of rotatable bonds is 4. The molecule has 9 nitrogen and oxygen atoms in total. The third kappa shape index (κ3) is 3.20. The average molecular weight is 426 g/mol. The van der Waals surface area contributed by atoms with Gasteiger partial charge in [0.2, 0.25) is 0 Å². The topological polar surface area (TPSA) is 101 Å². The Bertz CT molecular complexity index is 1330. The van der Waals surface area contributed by atoms with Gasteiger partial charge in [0.25, 0.3) is 11.2 Å². The largest absolute Gasteiger partial charge is 0.370 e. The van der Waals surface area contributed by atoms with Crippen molar-refractivity contribution in [3.8, 4) is 11.3 Å². The molecule has 0 N–H and O–H groups in total. The quantitative estimate of drug-likeness (QED) is 0.471. The number of aromatic nitrogens is 3. The summed E-state index contributed by atoms with van der Waals surface area (Å²) in [6.07, 6.45) is 0.457. The van der Waals surface area contributed by atoms with Crippen LogP contribution in [0, 0.1) is 23.0 Å². The number of benzene rings is 1. The van der Waals surface area contributed by atoms with E-state index in [1.54, 1.807) is 26.1 Å². The van der Waals surface area contributed by atoms with Crippen LogP contribution in [0.25, 0.3) is 22.2 Å². The van der Waals surface area contributed by atoms with Crippen LogP contribution in [0.15, 0.2) is 27.8 Å². The summed E-state index contributed by atoms with van der Waals surface area (Å²) in [6.45, 7) is 6.82. The number of nitro groups is 1. The number of aryl methyl sites for hydroxylation is 2. The maximum Gasteiger partial charge on any atom is 0.331 e. The molecule has 4 rings (SSSR count). The minimum absolute atomic E-state index is 0.00589. The normalized spacial score (nSPS) is 16.1. The third-order valence-electron chi connectivity index (χ3n) is 6.01. The van der Waals surface area contributed by atoms with E-state index >= 15 is 0 Å². The van der Waals surface area contributed by atoms with Crippen LogP contribution in [0.5, 0.6) is 0 Å². The molecule has 0 fully saturated rings. The van der Waals surface area contributed by atoms with Gasteiger partial charge in [-0.3, -0.25) is 24.0 Å². The minimum atomic E-state index is -0.417. The van der Waals surface area contributed by atoms with Crippen molar-refractivity contribution >= 4 is 16.6 Å². The molecule has 9 heteroatoms. The number of hydrogen-bond donors (Lipinski definition) is 0. The Morgan fingerprint density at radius 2 is 1.94 bits per heavy atom. The smallest absolute Gasteiger partial charge is 0.331 e. The summed E-state index contributed by atoms with van der Waals surface area (Å²) >= 11 is 0. The number of hydrogen-bond acceptors (Lipinski definition) is 5. The van der Waals surface area contributed by atoms with Crippen LogP contribution in [0.2, 0.25) is 0 Å². The standard InChI is InChI=1S/C22H26N4O5/c1-12(2)10-16-19-20-17(21(27)24(5)22(28)23(20)4)18(25(19)8-9-31-16)14-7-6-13(3)15(11-14)26(29)30/h6-7,11-12,16H,8-10H2,1-5H3/t16-/m1/s1. The molecule has 0 unspecified atom stereocenters. The molecular formula is C22H26N4O5. The van der Waals surface area contributed by atoms with E-state index in [9.17, 15) is 19.7 Å². The summed E-state index contributed by atoms with van der Waals surface area (Å²) in [5.74, 6) is 0.342. The first-order valence-corrected chi connectivity index (χ1v) is 10.3. The van der Waals surface area contributed by atoms with Gasteiger partial charge in [-0.15, -0.1) is 0 Å². The number of fused-ring (bicyclic) bond motifs is 3. The second kappa shape index (κ2) is 7.49. The summed E-state index contributed by atoms with van der Waals surface area (Å²) in [6, 6.07) is 4.99. The molecule has 0 amide bonds. The lowest BCUT2D eigenvalue weighted by atomic mass is 10.0. The van der Waals surface area contributed by atoms with Gasteiger partial charge in [-0.05, 0) is 19.3 Å². The molecule has 1 aliphatic heterocycles. The van der Waals surface area contributed by atoms with Crippen molar-refractivity contribution in [1.82, 2.24) is 13.7 Å². The highest BCUT2D eigenvalue weighted by atomic mass is 16.6. The molecule has 3 heterocycles. The molecule has 1 aliphatic rings. The predicted octanol–water partition coefficient (Wildman–Crippen LogP) is 3.04. The van der Waals surface area contributed by atoms with E-state index in [0.717, 1.165) is 16.7 Å². The van der Waals surface area contributed by atoms with E-state index in [0.29, 0.717) is 46.8 Å². The molecule has 2 aromatic heterocycles. The van der Waals surface area contributed by atoms with Crippen LogP contribution in [0.3, 0.4) is 0 Å². The molecule has 0 radical (unpaired) electrons. The zero-order valence-corrected chi connectivity index (χ0v) is 18.3. The molecule has 0 spiro atoms. The molecule has 1 aromatic carbocycles. The van der Waals surface area contributed by atoms with Gasteiger partial charge in [0.05, 0.1) is 39.9 Å². The number of ether oxygens (including phenoxy) is 1. The summed E-state index contributed by atoms with van der Waals surface area (Å²) in [4.78, 5) is 37.2. The van der Waals surface area contributed by atoms with E-state index < -0.39 is 16.2 Å². The Labute approximate surface area is 178 Å². The van der Waals surface area contributed by atoms with Crippen molar-refractivity contribution in [2.24, 2.45) is 20.0 Å². The highest BCUT2D eigenvalue weighted by Gasteiger charge is 2.32. The van der Waals surface area contributed by atoms with Crippen LogP contribution in [0.1, 0.15) is 37.6 Å². The second-order valence-electron chi connectivity index (χ2n) is 8.56. The van der Waals surface area contributed by atoms with Crippen molar-refractivity contribution in [1.29, 1.82) is 0 Å². The van der Waals surface area contributed by atoms with Gasteiger partial charge in [0.15, 0.2) is 0 Å². The molecular weight excluding hydrogens is 400 g/mol. The zero-order chi connectivity index (χ0) is 22.6. The van der Waals surface area contributed by atoms with E-state index in [-0.39, 0.29) is 11.8 Å². The van der Waals surface area contributed by atoms with Crippen LogP contribution in [-0.2, 0) is 25.4 Å². The average Bonchev–Trinajstić information content (AvgIpc) is 3.07. The Balaban J connectivity index is 2.17. The first kappa shape index (κ1) is 21.0. The van der Waals surface area contributed by atoms with E-state index in [1.807, 2.05) is 4.57 Å². The molecule has 0 aliphatic carbocycles. The molecule has 164 valence electrons. The van der Waals surface area contributed by atoms with E-state index in [1.165, 1.54) is 17.7 Å². The zero-order valence-electron chi connectivity index (χ0n) is 18.3. The Kier molecular flexibility index (Phi) is 5.09. The molecule has 31 heavy (non-hydrogen) atoms. The van der Waals surface area contributed by atoms with Crippen molar-refractivity contribution in [3.63, 3.8) is 0 Å². The molecule has 0 bridgehead atoms. The van der Waals surface area contributed by atoms with Gasteiger partial charge in [0, 0.05) is 37.8 Å². The molecule has 1 atom stereocenters. The fraction of sp³-hybridized carbons (Fsp3) is 0.455. The second-order valence-corrected chi connectivity index (χ2v) is 8.56. The van der Waals surface area contributed by atoms with Crippen molar-refractivity contribution in [2.45, 2.75) is 39.8 Å². The lowest BCUT2D eigenvalue weighted by Gasteiger charge is -2.28. The lowest BCUT2D eigenvalue weighted by Crippen LogP contribution is -2.37. The lowest BCUT2D eigenvalue weighted by molar-refractivity contribution is -0.385. The van der Waals surface area contributed by atoms with Gasteiger partial charge in [-0.1, -0.05) is 26.0 Å². The van der Waals surface area contributed by atoms with Gasteiger partial charge in [-0.25, -0.2) is 4.79 Å². The van der Waals surface area contributed by atoms with Gasteiger partial charge in [-0.2, -0.15) is 0 Å². The van der Waals surface area contributed by atoms with E-state index in [2.05, 4.69) is 13.8 Å². The van der Waals surface area contributed by atoms with Crippen LogP contribution >= 0.6 is 0 Å². The fourth-order valence-corrected chi connectivity index (χ4v) is 4.53. The Hall–Kier alpha value is -3.20. The fourth-order valence-electron chi connectivity index (χ4n) is 4.53. The van der Waals surface area contributed by atoms with Crippen molar-refractivity contribution in [3.05, 3.63) is 60.4 Å². The Morgan fingerprint density at radius 1 is 1.23 bits per heavy atom. The van der Waals surface area contributed by atoms with Crippen LogP contribution in [-0.4, -0.2) is 25.2 Å². The monoisotopic (exact) mass is 426 g/mol. The highest BCUT2D eigenvalue weighted by Crippen LogP contribution is 2.41. The highest BCUT2D eigenvalue weighted by molar-refractivity contribution is 5.96. The maximum absolute atomic E-state index is 13.3. The molecule has 0 saturated carbocycles. The molecule has 0 saturated heterocycles. The summed E-state index contributed by atoms with van der Waals surface area (Å²) in [5.41, 5.74) is 2.21. The molecule has 3 aromatic rings. The van der Waals surface area contributed by atoms with Crippen molar-refractivity contribution in [2.75, 3.05) is 6.61 Å². The summed E-state index contributed by atoms with van der Waals surface area (Å²) in [7, 11) is 3.09. The van der Waals surface area contributed by atoms with Crippen LogP contribution < -0.4 is 11.2 Å². The SMILES string of the molecule is Cc1ccc(-c2c3c(=O)n(C)c(=O)n(C)c3c3n2CCO[C@@H]3CC(C)C)cc1[N+](=O)[O-]. The third-order valence-corrected chi connectivity index (χ3v) is 6.01. The summed E-state index contributed by atoms with van der Waals surface area (Å²) < 4.78 is 10.6. The maximum atomic E-state index is 13.3. The minimum Gasteiger partial charge on any atom is -0.370 e. The summed E-state index contributed by atoms with van der Waals surface area (Å²) in [5, 5.41) is 11.9. The predicted molar refractivity (Wildman–Crippen MR) is 117 cm³/mol.